The van der Waals surface area contributed by atoms with Gasteiger partial charge in [0.15, 0.2) is 0 Å². The first-order valence-electron chi connectivity index (χ1n) is 6.79. The lowest BCUT2D eigenvalue weighted by Gasteiger charge is -2.37. The molecule has 0 saturated carbocycles. The lowest BCUT2D eigenvalue weighted by molar-refractivity contribution is 0.142. The van der Waals surface area contributed by atoms with Crippen molar-refractivity contribution in [2.75, 3.05) is 19.6 Å². The van der Waals surface area contributed by atoms with Crippen molar-refractivity contribution in [2.45, 2.75) is 32.9 Å². The largest absolute Gasteiger partial charge is 0.314 e. The van der Waals surface area contributed by atoms with Crippen LogP contribution < -0.4 is 5.32 Å². The molecular weight excluding hydrogens is 208 g/mol. The average Bonchev–Trinajstić information content (AvgIpc) is 2.34. The van der Waals surface area contributed by atoms with Crippen LogP contribution in [0.1, 0.15) is 25.8 Å². The Morgan fingerprint density at radius 2 is 2.06 bits per heavy atom. The standard InChI is InChI=1S/C15H24N2/c1-3-16-15-9-10-17(11-13(15)2)12-14-7-5-4-6-8-14/h4-8,13,15-16H,3,9-12H2,1-2H3/t13-,15+/m0/s1. The van der Waals surface area contributed by atoms with E-state index >= 15 is 0 Å². The van der Waals surface area contributed by atoms with Gasteiger partial charge in [-0.3, -0.25) is 4.90 Å². The van der Waals surface area contributed by atoms with Crippen LogP contribution in [0, 0.1) is 5.92 Å². The van der Waals surface area contributed by atoms with Gasteiger partial charge in [0.2, 0.25) is 0 Å². The molecule has 2 atom stereocenters. The van der Waals surface area contributed by atoms with Crippen LogP contribution in [0.5, 0.6) is 0 Å². The predicted octanol–water partition coefficient (Wildman–Crippen LogP) is 2.51. The normalized spacial score (nSPS) is 26.0. The van der Waals surface area contributed by atoms with E-state index < -0.39 is 0 Å². The van der Waals surface area contributed by atoms with E-state index in [4.69, 9.17) is 0 Å². The number of hydrogen-bond donors (Lipinski definition) is 1. The van der Waals surface area contributed by atoms with Crippen LogP contribution in [0.3, 0.4) is 0 Å². The molecule has 1 aliphatic heterocycles. The maximum Gasteiger partial charge on any atom is 0.0233 e. The molecule has 94 valence electrons. The summed E-state index contributed by atoms with van der Waals surface area (Å²) in [6.07, 6.45) is 1.28. The number of likely N-dealkylation sites (tertiary alicyclic amines) is 1. The Balaban J connectivity index is 1.85. The van der Waals surface area contributed by atoms with E-state index in [1.807, 2.05) is 0 Å². The molecule has 1 aromatic rings. The molecule has 1 N–H and O–H groups in total. The van der Waals surface area contributed by atoms with Crippen LogP contribution >= 0.6 is 0 Å². The monoisotopic (exact) mass is 232 g/mol. The number of nitrogens with one attached hydrogen (secondary N) is 1. The molecule has 0 amide bonds. The number of rotatable bonds is 4. The third-order valence-electron chi connectivity index (χ3n) is 3.70. The zero-order valence-electron chi connectivity index (χ0n) is 11.0. The molecule has 0 unspecified atom stereocenters. The molecule has 1 aromatic carbocycles. The van der Waals surface area contributed by atoms with E-state index in [9.17, 15) is 0 Å². The summed E-state index contributed by atoms with van der Waals surface area (Å²) >= 11 is 0. The van der Waals surface area contributed by atoms with Crippen molar-refractivity contribution in [3.63, 3.8) is 0 Å². The first-order chi connectivity index (χ1) is 8.29. The number of piperidine rings is 1. The maximum absolute atomic E-state index is 3.59. The quantitative estimate of drug-likeness (QED) is 0.858. The van der Waals surface area contributed by atoms with E-state index in [0.29, 0.717) is 6.04 Å². The highest BCUT2D eigenvalue weighted by Crippen LogP contribution is 2.18. The van der Waals surface area contributed by atoms with E-state index in [0.717, 1.165) is 19.0 Å². The summed E-state index contributed by atoms with van der Waals surface area (Å²) < 4.78 is 0. The Bertz CT molecular complexity index is 323. The lowest BCUT2D eigenvalue weighted by Crippen LogP contribution is -2.47. The summed E-state index contributed by atoms with van der Waals surface area (Å²) in [6.45, 7) is 9.19. The minimum Gasteiger partial charge on any atom is -0.314 e. The Morgan fingerprint density at radius 1 is 1.29 bits per heavy atom. The summed E-state index contributed by atoms with van der Waals surface area (Å²) in [5.41, 5.74) is 1.43. The van der Waals surface area contributed by atoms with Gasteiger partial charge in [-0.05, 0) is 31.0 Å². The summed E-state index contributed by atoms with van der Waals surface area (Å²) in [4.78, 5) is 2.58. The molecule has 1 fully saturated rings. The van der Waals surface area contributed by atoms with Crippen LogP contribution in [-0.2, 0) is 6.54 Å². The first-order valence-corrected chi connectivity index (χ1v) is 6.79. The molecule has 17 heavy (non-hydrogen) atoms. The molecule has 2 rings (SSSR count). The molecule has 1 saturated heterocycles. The van der Waals surface area contributed by atoms with Crippen molar-refractivity contribution >= 4 is 0 Å². The second kappa shape index (κ2) is 6.18. The topological polar surface area (TPSA) is 15.3 Å². The van der Waals surface area contributed by atoms with E-state index in [1.54, 1.807) is 0 Å². The minimum atomic E-state index is 0.715. The Hall–Kier alpha value is -0.860. The Kier molecular flexibility index (Phi) is 4.57. The fraction of sp³-hybridized carbons (Fsp3) is 0.600. The number of benzene rings is 1. The van der Waals surface area contributed by atoms with Crippen molar-refractivity contribution in [3.8, 4) is 0 Å². The van der Waals surface area contributed by atoms with E-state index in [2.05, 4.69) is 54.4 Å². The van der Waals surface area contributed by atoms with Gasteiger partial charge in [-0.15, -0.1) is 0 Å². The van der Waals surface area contributed by atoms with Crippen molar-refractivity contribution < 1.29 is 0 Å². The molecule has 0 bridgehead atoms. The molecule has 0 aromatic heterocycles. The highest BCUT2D eigenvalue weighted by molar-refractivity contribution is 5.14. The van der Waals surface area contributed by atoms with Gasteiger partial charge in [0, 0.05) is 19.1 Å². The molecule has 0 radical (unpaired) electrons. The third-order valence-corrected chi connectivity index (χ3v) is 3.70. The van der Waals surface area contributed by atoms with Gasteiger partial charge < -0.3 is 5.32 Å². The number of hydrogen-bond acceptors (Lipinski definition) is 2. The van der Waals surface area contributed by atoms with Gasteiger partial charge in [-0.1, -0.05) is 44.2 Å². The summed E-state index contributed by atoms with van der Waals surface area (Å²) in [6, 6.07) is 11.5. The third kappa shape index (κ3) is 3.55. The molecule has 1 aliphatic rings. The molecule has 1 heterocycles. The molecule has 0 spiro atoms. The zero-order valence-corrected chi connectivity index (χ0v) is 11.0. The summed E-state index contributed by atoms with van der Waals surface area (Å²) in [7, 11) is 0. The van der Waals surface area contributed by atoms with Crippen LogP contribution in [0.4, 0.5) is 0 Å². The predicted molar refractivity (Wildman–Crippen MR) is 73.0 cm³/mol. The molecule has 2 nitrogen and oxygen atoms in total. The second-order valence-corrected chi connectivity index (χ2v) is 5.15. The van der Waals surface area contributed by atoms with Crippen molar-refractivity contribution in [1.29, 1.82) is 0 Å². The van der Waals surface area contributed by atoms with Crippen LogP contribution in [0.25, 0.3) is 0 Å². The van der Waals surface area contributed by atoms with E-state index in [1.165, 1.54) is 25.1 Å². The molecule has 0 aliphatic carbocycles. The summed E-state index contributed by atoms with van der Waals surface area (Å²) in [5.74, 6) is 0.757. The van der Waals surface area contributed by atoms with Crippen molar-refractivity contribution in [3.05, 3.63) is 35.9 Å². The van der Waals surface area contributed by atoms with Crippen molar-refractivity contribution in [2.24, 2.45) is 5.92 Å². The Morgan fingerprint density at radius 3 is 2.71 bits per heavy atom. The van der Waals surface area contributed by atoms with Crippen LogP contribution in [0.15, 0.2) is 30.3 Å². The SMILES string of the molecule is CCN[C@@H]1CCN(Cc2ccccc2)C[C@@H]1C. The van der Waals surface area contributed by atoms with Crippen LogP contribution in [0.2, 0.25) is 0 Å². The van der Waals surface area contributed by atoms with Gasteiger partial charge in [0.1, 0.15) is 0 Å². The highest BCUT2D eigenvalue weighted by Gasteiger charge is 2.24. The zero-order chi connectivity index (χ0) is 12.1. The van der Waals surface area contributed by atoms with Gasteiger partial charge in [-0.2, -0.15) is 0 Å². The van der Waals surface area contributed by atoms with Gasteiger partial charge in [-0.25, -0.2) is 0 Å². The van der Waals surface area contributed by atoms with Gasteiger partial charge in [0.05, 0.1) is 0 Å². The summed E-state index contributed by atoms with van der Waals surface area (Å²) in [5, 5.41) is 3.59. The minimum absolute atomic E-state index is 0.715. The fourth-order valence-electron chi connectivity index (χ4n) is 2.78. The van der Waals surface area contributed by atoms with E-state index in [-0.39, 0.29) is 0 Å². The van der Waals surface area contributed by atoms with Crippen LogP contribution in [-0.4, -0.2) is 30.6 Å². The van der Waals surface area contributed by atoms with Crippen molar-refractivity contribution in [1.82, 2.24) is 10.2 Å². The lowest BCUT2D eigenvalue weighted by atomic mass is 9.93. The first kappa shape index (κ1) is 12.6. The van der Waals surface area contributed by atoms with Gasteiger partial charge in [0.25, 0.3) is 0 Å². The molecule has 2 heteroatoms. The van der Waals surface area contributed by atoms with Gasteiger partial charge >= 0.3 is 0 Å². The number of nitrogens with zero attached hydrogens (tertiary/aromatic N) is 1. The molecular formula is C15H24N2. The second-order valence-electron chi connectivity index (χ2n) is 5.15. The smallest absolute Gasteiger partial charge is 0.0233 e. The fourth-order valence-corrected chi connectivity index (χ4v) is 2.78. The Labute approximate surface area is 105 Å². The average molecular weight is 232 g/mol. The maximum atomic E-state index is 3.59. The highest BCUT2D eigenvalue weighted by atomic mass is 15.1.